The molecule has 5 nitrogen and oxygen atoms in total. The van der Waals surface area contributed by atoms with Crippen molar-refractivity contribution in [3.8, 4) is 0 Å². The lowest BCUT2D eigenvalue weighted by Gasteiger charge is -2.05. The van der Waals surface area contributed by atoms with Gasteiger partial charge in [0.2, 0.25) is 0 Å². The summed E-state index contributed by atoms with van der Waals surface area (Å²) in [7, 11) is 0. The summed E-state index contributed by atoms with van der Waals surface area (Å²) in [5, 5.41) is 21.5. The summed E-state index contributed by atoms with van der Waals surface area (Å²) in [4.78, 5) is 14.8. The van der Waals surface area contributed by atoms with Crippen molar-refractivity contribution in [2.75, 3.05) is 0 Å². The van der Waals surface area contributed by atoms with Gasteiger partial charge in [-0.3, -0.25) is 9.78 Å². The van der Waals surface area contributed by atoms with E-state index < -0.39 is 5.97 Å². The van der Waals surface area contributed by atoms with Gasteiger partial charge in [0.15, 0.2) is 0 Å². The van der Waals surface area contributed by atoms with E-state index in [1.807, 2.05) is 12.1 Å². The standard InChI is InChI=1S/C12H10N2O3/c15-12(16)7-11(14-17)9-3-1-5-10-8(9)4-2-6-13-10/h1-6,17H,7H2,(H,15,16)/b14-11-. The minimum atomic E-state index is -1.04. The molecular formula is C12H10N2O3. The number of carbonyl (C=O) groups is 1. The monoisotopic (exact) mass is 230 g/mol. The van der Waals surface area contributed by atoms with E-state index in [-0.39, 0.29) is 12.1 Å². The molecule has 86 valence electrons. The van der Waals surface area contributed by atoms with Crippen LogP contribution in [0.1, 0.15) is 12.0 Å². The maximum atomic E-state index is 10.7. The molecule has 0 aliphatic rings. The van der Waals surface area contributed by atoms with Crippen LogP contribution in [-0.2, 0) is 4.79 Å². The first-order valence-corrected chi connectivity index (χ1v) is 4.99. The molecule has 2 aromatic rings. The van der Waals surface area contributed by atoms with Crippen molar-refractivity contribution in [3.05, 3.63) is 42.1 Å². The summed E-state index contributed by atoms with van der Waals surface area (Å²) in [6.45, 7) is 0. The number of aromatic nitrogens is 1. The molecule has 0 fully saturated rings. The highest BCUT2D eigenvalue weighted by Crippen LogP contribution is 2.18. The van der Waals surface area contributed by atoms with Crippen molar-refractivity contribution >= 4 is 22.6 Å². The summed E-state index contributed by atoms with van der Waals surface area (Å²) >= 11 is 0. The van der Waals surface area contributed by atoms with Crippen LogP contribution in [-0.4, -0.2) is 27.0 Å². The van der Waals surface area contributed by atoms with E-state index in [1.54, 1.807) is 24.4 Å². The highest BCUT2D eigenvalue weighted by Gasteiger charge is 2.12. The smallest absolute Gasteiger partial charge is 0.309 e. The number of nitrogens with zero attached hydrogens (tertiary/aromatic N) is 2. The number of hydrogen-bond donors (Lipinski definition) is 2. The molecular weight excluding hydrogens is 220 g/mol. The van der Waals surface area contributed by atoms with E-state index in [0.29, 0.717) is 5.56 Å². The van der Waals surface area contributed by atoms with Crippen LogP contribution in [0.2, 0.25) is 0 Å². The number of benzene rings is 1. The zero-order valence-electron chi connectivity index (χ0n) is 8.87. The molecule has 5 heteroatoms. The van der Waals surface area contributed by atoms with E-state index in [9.17, 15) is 4.79 Å². The predicted molar refractivity (Wildman–Crippen MR) is 62.3 cm³/mol. The second-order valence-corrected chi connectivity index (χ2v) is 3.49. The normalized spacial score (nSPS) is 11.6. The van der Waals surface area contributed by atoms with Gasteiger partial charge < -0.3 is 10.3 Å². The van der Waals surface area contributed by atoms with Crippen LogP contribution in [0, 0.1) is 0 Å². The summed E-state index contributed by atoms with van der Waals surface area (Å²) in [6, 6.07) is 8.83. The highest BCUT2D eigenvalue weighted by atomic mass is 16.4. The molecule has 1 aromatic carbocycles. The van der Waals surface area contributed by atoms with Gasteiger partial charge >= 0.3 is 5.97 Å². The van der Waals surface area contributed by atoms with E-state index in [0.717, 1.165) is 10.9 Å². The van der Waals surface area contributed by atoms with Gasteiger partial charge in [0.1, 0.15) is 0 Å². The van der Waals surface area contributed by atoms with Gasteiger partial charge in [-0.15, -0.1) is 0 Å². The third-order valence-corrected chi connectivity index (χ3v) is 2.40. The molecule has 0 aliphatic carbocycles. The average molecular weight is 230 g/mol. The lowest BCUT2D eigenvalue weighted by Crippen LogP contribution is -2.09. The SMILES string of the molecule is O=C(O)C/C(=N/O)c1cccc2ncccc12. The van der Waals surface area contributed by atoms with Crippen LogP contribution in [0.5, 0.6) is 0 Å². The van der Waals surface area contributed by atoms with E-state index in [2.05, 4.69) is 10.1 Å². The molecule has 0 unspecified atom stereocenters. The zero-order valence-corrected chi connectivity index (χ0v) is 8.87. The fourth-order valence-corrected chi connectivity index (χ4v) is 1.68. The van der Waals surface area contributed by atoms with Gasteiger partial charge in [0, 0.05) is 17.1 Å². The van der Waals surface area contributed by atoms with E-state index in [4.69, 9.17) is 10.3 Å². The number of hydrogen-bond acceptors (Lipinski definition) is 4. The third kappa shape index (κ3) is 2.23. The number of pyridine rings is 1. The van der Waals surface area contributed by atoms with Crippen LogP contribution in [0.15, 0.2) is 41.7 Å². The molecule has 17 heavy (non-hydrogen) atoms. The number of aliphatic carboxylic acids is 1. The van der Waals surface area contributed by atoms with Crippen LogP contribution >= 0.6 is 0 Å². The minimum absolute atomic E-state index is 0.121. The first-order valence-electron chi connectivity index (χ1n) is 4.99. The first-order chi connectivity index (χ1) is 8.22. The number of rotatable bonds is 3. The van der Waals surface area contributed by atoms with Gasteiger partial charge in [-0.1, -0.05) is 23.4 Å². The highest BCUT2D eigenvalue weighted by molar-refractivity contribution is 6.15. The van der Waals surface area contributed by atoms with E-state index in [1.165, 1.54) is 0 Å². The Hall–Kier alpha value is -2.43. The largest absolute Gasteiger partial charge is 0.481 e. The van der Waals surface area contributed by atoms with Crippen LogP contribution in [0.3, 0.4) is 0 Å². The first kappa shape index (κ1) is 11.1. The Kier molecular flexibility index (Phi) is 3.00. The van der Waals surface area contributed by atoms with Crippen molar-refractivity contribution < 1.29 is 15.1 Å². The number of oxime groups is 1. The molecule has 0 aliphatic heterocycles. The molecule has 0 spiro atoms. The second kappa shape index (κ2) is 4.61. The number of carboxylic acid groups (broad SMARTS) is 1. The Bertz CT molecular complexity index is 588. The summed E-state index contributed by atoms with van der Waals surface area (Å²) in [5.41, 5.74) is 1.44. The number of carboxylic acids is 1. The van der Waals surface area contributed by atoms with E-state index >= 15 is 0 Å². The molecule has 0 atom stereocenters. The van der Waals surface area contributed by atoms with Crippen molar-refractivity contribution in [1.29, 1.82) is 0 Å². The molecule has 2 rings (SSSR count). The number of fused-ring (bicyclic) bond motifs is 1. The second-order valence-electron chi connectivity index (χ2n) is 3.49. The minimum Gasteiger partial charge on any atom is -0.481 e. The van der Waals surface area contributed by atoms with Gasteiger partial charge in [0.25, 0.3) is 0 Å². The van der Waals surface area contributed by atoms with Crippen molar-refractivity contribution in [2.45, 2.75) is 6.42 Å². The van der Waals surface area contributed by atoms with Crippen molar-refractivity contribution in [2.24, 2.45) is 5.16 Å². The topological polar surface area (TPSA) is 82.8 Å². The lowest BCUT2D eigenvalue weighted by atomic mass is 10.0. The fraction of sp³-hybridized carbons (Fsp3) is 0.0833. The quantitative estimate of drug-likeness (QED) is 0.479. The Morgan fingerprint density at radius 1 is 1.29 bits per heavy atom. The Morgan fingerprint density at radius 3 is 2.82 bits per heavy atom. The van der Waals surface area contributed by atoms with Crippen molar-refractivity contribution in [1.82, 2.24) is 4.98 Å². The molecule has 1 heterocycles. The predicted octanol–water partition coefficient (Wildman–Crippen LogP) is 1.89. The molecule has 0 saturated carbocycles. The maximum Gasteiger partial charge on any atom is 0.309 e. The fourth-order valence-electron chi connectivity index (χ4n) is 1.68. The van der Waals surface area contributed by atoms with Gasteiger partial charge in [-0.05, 0) is 12.1 Å². The molecule has 0 amide bonds. The molecule has 0 radical (unpaired) electrons. The summed E-state index contributed by atoms with van der Waals surface area (Å²) in [5.74, 6) is -1.04. The summed E-state index contributed by atoms with van der Waals surface area (Å²) < 4.78 is 0. The van der Waals surface area contributed by atoms with Crippen LogP contribution in [0.4, 0.5) is 0 Å². The lowest BCUT2D eigenvalue weighted by molar-refractivity contribution is -0.135. The molecule has 1 aromatic heterocycles. The average Bonchev–Trinajstić information content (AvgIpc) is 2.35. The summed E-state index contributed by atoms with van der Waals surface area (Å²) in [6.07, 6.45) is 1.32. The van der Waals surface area contributed by atoms with Crippen molar-refractivity contribution in [3.63, 3.8) is 0 Å². The maximum absolute atomic E-state index is 10.7. The molecule has 0 bridgehead atoms. The Balaban J connectivity index is 2.58. The Morgan fingerprint density at radius 2 is 2.12 bits per heavy atom. The van der Waals surface area contributed by atoms with Crippen LogP contribution in [0.25, 0.3) is 10.9 Å². The molecule has 2 N–H and O–H groups in total. The van der Waals surface area contributed by atoms with Gasteiger partial charge in [-0.25, -0.2) is 0 Å². The van der Waals surface area contributed by atoms with Gasteiger partial charge in [0.05, 0.1) is 17.6 Å². The molecule has 0 saturated heterocycles. The van der Waals surface area contributed by atoms with Crippen LogP contribution < -0.4 is 0 Å². The van der Waals surface area contributed by atoms with Gasteiger partial charge in [-0.2, -0.15) is 0 Å². The zero-order chi connectivity index (χ0) is 12.3. The third-order valence-electron chi connectivity index (χ3n) is 2.40. The Labute approximate surface area is 97.0 Å².